The minimum absolute atomic E-state index is 0.109. The molecule has 1 fully saturated rings. The Labute approximate surface area is 163 Å². The molecule has 1 aliphatic heterocycles. The monoisotopic (exact) mass is 431 g/mol. The highest BCUT2D eigenvalue weighted by Crippen LogP contribution is 2.21. The van der Waals surface area contributed by atoms with E-state index in [-0.39, 0.29) is 9.90 Å². The van der Waals surface area contributed by atoms with E-state index in [1.807, 2.05) is 4.90 Å². The number of carbonyl (C=O) groups excluding carboxylic acids is 2. The first-order chi connectivity index (χ1) is 13.0. The summed E-state index contributed by atoms with van der Waals surface area (Å²) in [6.07, 6.45) is 0. The minimum atomic E-state index is -3.74. The van der Waals surface area contributed by atoms with Crippen LogP contribution in [0.25, 0.3) is 0 Å². The first-order valence-electron chi connectivity index (χ1n) is 7.86. The topological polar surface area (TPSA) is 130 Å². The maximum atomic E-state index is 12.1. The van der Waals surface area contributed by atoms with Crippen LogP contribution in [0.3, 0.4) is 0 Å². The van der Waals surface area contributed by atoms with Gasteiger partial charge >= 0.3 is 0 Å². The number of thiazole rings is 1. The number of ether oxygens (including phenoxy) is 1. The molecule has 146 valence electrons. The second-order valence-electron chi connectivity index (χ2n) is 5.37. The summed E-state index contributed by atoms with van der Waals surface area (Å²) in [5.74, 6) is -1.28. The molecule has 3 heterocycles. The molecular formula is C14H17N5O5S3. The molecule has 2 aromatic rings. The summed E-state index contributed by atoms with van der Waals surface area (Å²) in [5, 5.41) is 3.91. The van der Waals surface area contributed by atoms with Gasteiger partial charge in [-0.15, -0.1) is 22.7 Å². The highest BCUT2D eigenvalue weighted by molar-refractivity contribution is 7.91. The van der Waals surface area contributed by atoms with Crippen LogP contribution < -0.4 is 20.5 Å². The summed E-state index contributed by atoms with van der Waals surface area (Å²) in [6.45, 7) is 2.12. The first kappa shape index (κ1) is 19.7. The van der Waals surface area contributed by atoms with E-state index in [0.29, 0.717) is 31.4 Å². The normalized spacial score (nSPS) is 14.7. The molecule has 10 nitrogen and oxygen atoms in total. The average Bonchev–Trinajstić information content (AvgIpc) is 3.37. The average molecular weight is 432 g/mol. The quantitative estimate of drug-likeness (QED) is 0.539. The van der Waals surface area contributed by atoms with Gasteiger partial charge in [-0.25, -0.2) is 18.1 Å². The Bertz CT molecular complexity index is 890. The molecule has 1 saturated heterocycles. The third-order valence-electron chi connectivity index (χ3n) is 3.50. The van der Waals surface area contributed by atoms with Crippen molar-refractivity contribution in [1.29, 1.82) is 0 Å². The van der Waals surface area contributed by atoms with Crippen LogP contribution in [0.15, 0.2) is 27.1 Å². The van der Waals surface area contributed by atoms with Crippen molar-refractivity contribution in [3.63, 3.8) is 0 Å². The molecule has 0 radical (unpaired) electrons. The third kappa shape index (κ3) is 5.23. The molecule has 0 bridgehead atoms. The Morgan fingerprint density at radius 1 is 1.22 bits per heavy atom. The number of sulfonamides is 1. The number of anilines is 1. The zero-order valence-corrected chi connectivity index (χ0v) is 16.5. The SMILES string of the molecule is O=C(CNS(=O)(=O)c1cccs1)NNC(=O)c1csc(N2CCOCC2)n1. The number of rotatable bonds is 6. The predicted molar refractivity (Wildman–Crippen MR) is 100 cm³/mol. The number of hydrogen-bond donors (Lipinski definition) is 3. The lowest BCUT2D eigenvalue weighted by Crippen LogP contribution is -2.46. The van der Waals surface area contributed by atoms with E-state index in [9.17, 15) is 18.0 Å². The van der Waals surface area contributed by atoms with Crippen LogP contribution in [-0.4, -0.2) is 58.1 Å². The van der Waals surface area contributed by atoms with Gasteiger partial charge in [-0.05, 0) is 11.4 Å². The number of hydrazine groups is 1. The van der Waals surface area contributed by atoms with Crippen LogP contribution in [0.1, 0.15) is 10.5 Å². The fraction of sp³-hybridized carbons (Fsp3) is 0.357. The van der Waals surface area contributed by atoms with Crippen molar-refractivity contribution in [2.75, 3.05) is 37.7 Å². The van der Waals surface area contributed by atoms with Gasteiger partial charge < -0.3 is 9.64 Å². The molecule has 3 N–H and O–H groups in total. The molecular weight excluding hydrogens is 414 g/mol. The number of amides is 2. The van der Waals surface area contributed by atoms with E-state index in [1.54, 1.807) is 16.8 Å². The highest BCUT2D eigenvalue weighted by atomic mass is 32.2. The summed E-state index contributed by atoms with van der Waals surface area (Å²) in [7, 11) is -3.74. The van der Waals surface area contributed by atoms with Crippen molar-refractivity contribution in [1.82, 2.24) is 20.6 Å². The van der Waals surface area contributed by atoms with E-state index in [0.717, 1.165) is 11.3 Å². The molecule has 2 amide bonds. The lowest BCUT2D eigenvalue weighted by atomic mass is 10.4. The Balaban J connectivity index is 1.46. The second-order valence-corrected chi connectivity index (χ2v) is 9.15. The zero-order valence-electron chi connectivity index (χ0n) is 14.0. The lowest BCUT2D eigenvalue weighted by Gasteiger charge is -2.25. The summed E-state index contributed by atoms with van der Waals surface area (Å²) in [5.41, 5.74) is 4.54. The van der Waals surface area contributed by atoms with Gasteiger partial charge in [0.25, 0.3) is 21.8 Å². The summed E-state index contributed by atoms with van der Waals surface area (Å²) < 4.78 is 31.4. The van der Waals surface area contributed by atoms with Crippen molar-refractivity contribution in [3.8, 4) is 0 Å². The van der Waals surface area contributed by atoms with Gasteiger partial charge in [0.1, 0.15) is 9.90 Å². The molecule has 0 aromatic carbocycles. The van der Waals surface area contributed by atoms with Gasteiger partial charge in [0.15, 0.2) is 5.13 Å². The molecule has 0 unspecified atom stereocenters. The number of nitrogens with one attached hydrogen (secondary N) is 3. The van der Waals surface area contributed by atoms with Crippen LogP contribution >= 0.6 is 22.7 Å². The van der Waals surface area contributed by atoms with Gasteiger partial charge in [-0.2, -0.15) is 0 Å². The van der Waals surface area contributed by atoms with E-state index >= 15 is 0 Å². The van der Waals surface area contributed by atoms with Gasteiger partial charge in [-0.1, -0.05) is 6.07 Å². The van der Waals surface area contributed by atoms with Crippen LogP contribution in [0.5, 0.6) is 0 Å². The fourth-order valence-electron chi connectivity index (χ4n) is 2.15. The summed E-state index contributed by atoms with van der Waals surface area (Å²) >= 11 is 2.37. The number of nitrogens with zero attached hydrogens (tertiary/aromatic N) is 2. The Hall–Kier alpha value is -2.06. The lowest BCUT2D eigenvalue weighted by molar-refractivity contribution is -0.120. The second kappa shape index (κ2) is 8.75. The summed E-state index contributed by atoms with van der Waals surface area (Å²) in [4.78, 5) is 30.1. The predicted octanol–water partition coefficient (Wildman–Crippen LogP) is -0.219. The number of carbonyl (C=O) groups is 2. The Morgan fingerprint density at radius 3 is 2.70 bits per heavy atom. The molecule has 2 aromatic heterocycles. The molecule has 27 heavy (non-hydrogen) atoms. The standard InChI is InChI=1S/C14H17N5O5S3/c20-11(8-15-27(22,23)12-2-1-7-25-12)17-18-13(21)10-9-26-14(16-10)19-3-5-24-6-4-19/h1-2,7,9,15H,3-6,8H2,(H,17,20)(H,18,21). The van der Waals surface area contributed by atoms with Crippen LogP contribution in [0.2, 0.25) is 0 Å². The molecule has 0 atom stereocenters. The van der Waals surface area contributed by atoms with Crippen molar-refractivity contribution in [2.24, 2.45) is 0 Å². The van der Waals surface area contributed by atoms with Crippen LogP contribution in [-0.2, 0) is 19.6 Å². The first-order valence-corrected chi connectivity index (χ1v) is 11.1. The molecule has 0 aliphatic carbocycles. The smallest absolute Gasteiger partial charge is 0.289 e. The van der Waals surface area contributed by atoms with E-state index in [2.05, 4.69) is 20.6 Å². The molecule has 1 aliphatic rings. The highest BCUT2D eigenvalue weighted by Gasteiger charge is 2.19. The number of hydrogen-bond acceptors (Lipinski definition) is 9. The number of thiophene rings is 1. The maximum absolute atomic E-state index is 12.1. The molecule has 0 spiro atoms. The zero-order chi connectivity index (χ0) is 19.3. The van der Waals surface area contributed by atoms with E-state index in [4.69, 9.17) is 4.74 Å². The van der Waals surface area contributed by atoms with Gasteiger partial charge in [-0.3, -0.25) is 20.4 Å². The van der Waals surface area contributed by atoms with Crippen molar-refractivity contribution < 1.29 is 22.7 Å². The summed E-state index contributed by atoms with van der Waals surface area (Å²) in [6, 6.07) is 3.03. The van der Waals surface area contributed by atoms with E-state index < -0.39 is 28.4 Å². The third-order valence-corrected chi connectivity index (χ3v) is 7.20. The largest absolute Gasteiger partial charge is 0.378 e. The number of aromatic nitrogens is 1. The Morgan fingerprint density at radius 2 is 2.00 bits per heavy atom. The Kier molecular flexibility index (Phi) is 6.38. The van der Waals surface area contributed by atoms with Crippen molar-refractivity contribution in [3.05, 3.63) is 28.6 Å². The van der Waals surface area contributed by atoms with Crippen molar-refractivity contribution in [2.45, 2.75) is 4.21 Å². The van der Waals surface area contributed by atoms with E-state index in [1.165, 1.54) is 17.4 Å². The maximum Gasteiger partial charge on any atom is 0.289 e. The van der Waals surface area contributed by atoms with Crippen LogP contribution in [0, 0.1) is 0 Å². The molecule has 0 saturated carbocycles. The number of morpholine rings is 1. The van der Waals surface area contributed by atoms with Gasteiger partial charge in [0.05, 0.1) is 19.8 Å². The van der Waals surface area contributed by atoms with Gasteiger partial charge in [0.2, 0.25) is 0 Å². The minimum Gasteiger partial charge on any atom is -0.378 e. The molecule has 3 rings (SSSR count). The van der Waals surface area contributed by atoms with Crippen LogP contribution in [0.4, 0.5) is 5.13 Å². The van der Waals surface area contributed by atoms with Gasteiger partial charge in [0, 0.05) is 18.5 Å². The molecule has 13 heteroatoms. The van der Waals surface area contributed by atoms with Crippen molar-refractivity contribution >= 4 is 49.6 Å². The fourth-order valence-corrected chi connectivity index (χ4v) is 5.03.